The number of H-pyrrole nitrogens is 1. The normalized spacial score (nSPS) is 17.0. The fourth-order valence-electron chi connectivity index (χ4n) is 3.40. The number of aromatic nitrogens is 1. The molecule has 4 rings (SSSR count). The number of amides is 1. The second-order valence-electron chi connectivity index (χ2n) is 6.16. The van der Waals surface area contributed by atoms with Crippen molar-refractivity contribution in [1.82, 2.24) is 9.88 Å². The van der Waals surface area contributed by atoms with Gasteiger partial charge >= 0.3 is 0 Å². The van der Waals surface area contributed by atoms with Crippen LogP contribution in [0.25, 0.3) is 11.5 Å². The molecule has 1 aliphatic heterocycles. The number of rotatable bonds is 3. The van der Waals surface area contributed by atoms with Gasteiger partial charge in [-0.15, -0.1) is 0 Å². The van der Waals surface area contributed by atoms with Crippen molar-refractivity contribution in [2.45, 2.75) is 18.9 Å². The van der Waals surface area contributed by atoms with Crippen molar-refractivity contribution in [3.05, 3.63) is 82.3 Å². The fraction of sp³-hybridized carbons (Fsp3) is 0.200. The lowest BCUT2D eigenvalue weighted by molar-refractivity contribution is 0.0734. The first kappa shape index (κ1) is 15.4. The number of hydrogen-bond donors (Lipinski definition) is 1. The zero-order chi connectivity index (χ0) is 17.2. The molecule has 1 aromatic carbocycles. The van der Waals surface area contributed by atoms with E-state index in [9.17, 15) is 9.59 Å². The predicted molar refractivity (Wildman–Crippen MR) is 94.2 cm³/mol. The summed E-state index contributed by atoms with van der Waals surface area (Å²) in [6.45, 7) is 0.664. The highest BCUT2D eigenvalue weighted by atomic mass is 16.3. The van der Waals surface area contributed by atoms with Gasteiger partial charge in [0.25, 0.3) is 11.5 Å². The van der Waals surface area contributed by atoms with Crippen molar-refractivity contribution < 1.29 is 9.21 Å². The van der Waals surface area contributed by atoms with Gasteiger partial charge in [0.15, 0.2) is 0 Å². The number of carbonyl (C=O) groups excluding carboxylic acids is 1. The summed E-state index contributed by atoms with van der Waals surface area (Å²) in [7, 11) is 0. The second-order valence-corrected chi connectivity index (χ2v) is 6.16. The number of carbonyl (C=O) groups is 1. The molecule has 3 heterocycles. The number of furan rings is 1. The van der Waals surface area contributed by atoms with Crippen LogP contribution in [0.2, 0.25) is 0 Å². The summed E-state index contributed by atoms with van der Waals surface area (Å²) < 4.78 is 5.28. The Labute approximate surface area is 144 Å². The lowest BCUT2D eigenvalue weighted by atomic mass is 10.0. The van der Waals surface area contributed by atoms with Gasteiger partial charge in [-0.1, -0.05) is 30.3 Å². The summed E-state index contributed by atoms with van der Waals surface area (Å²) >= 11 is 0. The largest absolute Gasteiger partial charge is 0.463 e. The lowest BCUT2D eigenvalue weighted by Crippen LogP contribution is -2.34. The Kier molecular flexibility index (Phi) is 3.98. The minimum absolute atomic E-state index is 0.0258. The van der Waals surface area contributed by atoms with E-state index in [1.807, 2.05) is 30.3 Å². The van der Waals surface area contributed by atoms with Crippen LogP contribution < -0.4 is 5.56 Å². The number of pyridine rings is 1. The number of hydrogen-bond acceptors (Lipinski definition) is 3. The molecule has 2 aromatic heterocycles. The van der Waals surface area contributed by atoms with Gasteiger partial charge in [-0.05, 0) is 42.7 Å². The van der Waals surface area contributed by atoms with E-state index in [4.69, 9.17) is 4.42 Å². The summed E-state index contributed by atoms with van der Waals surface area (Å²) in [5, 5.41) is 0. The van der Waals surface area contributed by atoms with Crippen molar-refractivity contribution in [3.63, 3.8) is 0 Å². The number of likely N-dealkylation sites (tertiary alicyclic amines) is 1. The van der Waals surface area contributed by atoms with Gasteiger partial charge in [0.1, 0.15) is 11.3 Å². The van der Waals surface area contributed by atoms with E-state index < -0.39 is 5.56 Å². The van der Waals surface area contributed by atoms with Crippen molar-refractivity contribution in [1.29, 1.82) is 0 Å². The van der Waals surface area contributed by atoms with Gasteiger partial charge in [0.2, 0.25) is 0 Å². The Morgan fingerprint density at radius 1 is 1.08 bits per heavy atom. The summed E-state index contributed by atoms with van der Waals surface area (Å²) in [4.78, 5) is 29.9. The van der Waals surface area contributed by atoms with Gasteiger partial charge in [-0.3, -0.25) is 9.59 Å². The summed E-state index contributed by atoms with van der Waals surface area (Å²) in [6.07, 6.45) is 3.40. The summed E-state index contributed by atoms with van der Waals surface area (Å²) in [5.74, 6) is 0.345. The fourth-order valence-corrected chi connectivity index (χ4v) is 3.40. The maximum absolute atomic E-state index is 12.9. The molecule has 1 atom stereocenters. The highest BCUT2D eigenvalue weighted by molar-refractivity contribution is 5.94. The second kappa shape index (κ2) is 6.43. The van der Waals surface area contributed by atoms with Crippen molar-refractivity contribution >= 4 is 5.91 Å². The Bertz CT molecular complexity index is 929. The van der Waals surface area contributed by atoms with Crippen LogP contribution in [0.3, 0.4) is 0 Å². The molecule has 126 valence electrons. The number of nitrogens with zero attached hydrogens (tertiary/aromatic N) is 1. The van der Waals surface area contributed by atoms with Gasteiger partial charge in [0, 0.05) is 6.54 Å². The Morgan fingerprint density at radius 3 is 2.64 bits per heavy atom. The minimum Gasteiger partial charge on any atom is -0.463 e. The van der Waals surface area contributed by atoms with Crippen LogP contribution in [-0.4, -0.2) is 22.3 Å². The average molecular weight is 334 g/mol. The van der Waals surface area contributed by atoms with Crippen LogP contribution in [0.15, 0.2) is 70.1 Å². The molecular formula is C20H18N2O3. The Balaban J connectivity index is 1.63. The average Bonchev–Trinajstić information content (AvgIpc) is 3.33. The third-order valence-electron chi connectivity index (χ3n) is 4.62. The molecule has 1 fully saturated rings. The summed E-state index contributed by atoms with van der Waals surface area (Å²) in [6, 6.07) is 16.8. The van der Waals surface area contributed by atoms with E-state index in [1.165, 1.54) is 0 Å². The molecule has 5 heteroatoms. The molecule has 1 amide bonds. The molecule has 1 unspecified atom stereocenters. The van der Waals surface area contributed by atoms with E-state index >= 15 is 0 Å². The summed E-state index contributed by atoms with van der Waals surface area (Å²) in [5.41, 5.74) is 1.44. The highest BCUT2D eigenvalue weighted by Gasteiger charge is 2.31. The van der Waals surface area contributed by atoms with E-state index in [0.717, 1.165) is 18.4 Å². The highest BCUT2D eigenvalue weighted by Crippen LogP contribution is 2.32. The lowest BCUT2D eigenvalue weighted by Gasteiger charge is -2.25. The first-order valence-corrected chi connectivity index (χ1v) is 8.37. The zero-order valence-electron chi connectivity index (χ0n) is 13.6. The Hall–Kier alpha value is -3.08. The molecular weight excluding hydrogens is 316 g/mol. The Morgan fingerprint density at radius 2 is 1.92 bits per heavy atom. The van der Waals surface area contributed by atoms with Crippen LogP contribution in [0, 0.1) is 0 Å². The SMILES string of the molecule is O=C(c1ccc(-c2ccco2)[nH]c1=O)N1CCCC1c1ccccc1. The van der Waals surface area contributed by atoms with Crippen LogP contribution in [0.5, 0.6) is 0 Å². The van der Waals surface area contributed by atoms with E-state index in [0.29, 0.717) is 18.0 Å². The van der Waals surface area contributed by atoms with E-state index in [2.05, 4.69) is 4.98 Å². The smallest absolute Gasteiger partial charge is 0.261 e. The zero-order valence-corrected chi connectivity index (χ0v) is 13.6. The third-order valence-corrected chi connectivity index (χ3v) is 4.62. The van der Waals surface area contributed by atoms with Crippen molar-refractivity contribution in [2.24, 2.45) is 0 Å². The van der Waals surface area contributed by atoms with Gasteiger partial charge in [-0.2, -0.15) is 0 Å². The molecule has 0 spiro atoms. The van der Waals surface area contributed by atoms with Crippen LogP contribution in [0.1, 0.15) is 34.8 Å². The number of nitrogens with one attached hydrogen (secondary N) is 1. The molecule has 0 aliphatic carbocycles. The molecule has 25 heavy (non-hydrogen) atoms. The van der Waals surface area contributed by atoms with E-state index in [1.54, 1.807) is 35.4 Å². The van der Waals surface area contributed by atoms with Crippen LogP contribution in [-0.2, 0) is 0 Å². The maximum atomic E-state index is 12.9. The van der Waals surface area contributed by atoms with Gasteiger partial charge in [-0.25, -0.2) is 0 Å². The standard InChI is InChI=1S/C20H18N2O3/c23-19-15(10-11-16(21-19)18-9-5-13-25-18)20(24)22-12-4-8-17(22)14-6-2-1-3-7-14/h1-3,5-7,9-11,13,17H,4,8,12H2,(H,21,23). The molecule has 5 nitrogen and oxygen atoms in total. The van der Waals surface area contributed by atoms with Gasteiger partial charge < -0.3 is 14.3 Å². The molecule has 0 bridgehead atoms. The predicted octanol–water partition coefficient (Wildman–Crippen LogP) is 3.61. The molecule has 1 saturated heterocycles. The number of aromatic amines is 1. The molecule has 0 saturated carbocycles. The topological polar surface area (TPSA) is 66.3 Å². The molecule has 0 radical (unpaired) electrons. The quantitative estimate of drug-likeness (QED) is 0.795. The monoisotopic (exact) mass is 334 g/mol. The van der Waals surface area contributed by atoms with Crippen LogP contribution in [0.4, 0.5) is 0 Å². The molecule has 3 aromatic rings. The number of benzene rings is 1. The molecule has 1 aliphatic rings. The van der Waals surface area contributed by atoms with Crippen molar-refractivity contribution in [3.8, 4) is 11.5 Å². The van der Waals surface area contributed by atoms with E-state index in [-0.39, 0.29) is 17.5 Å². The van der Waals surface area contributed by atoms with Crippen molar-refractivity contribution in [2.75, 3.05) is 6.54 Å². The first-order chi connectivity index (χ1) is 12.2. The molecule has 1 N–H and O–H groups in total. The van der Waals surface area contributed by atoms with Gasteiger partial charge in [0.05, 0.1) is 18.0 Å². The first-order valence-electron chi connectivity index (χ1n) is 8.37. The minimum atomic E-state index is -0.391. The third kappa shape index (κ3) is 2.89. The maximum Gasteiger partial charge on any atom is 0.261 e. The van der Waals surface area contributed by atoms with Crippen LogP contribution >= 0.6 is 0 Å².